The minimum atomic E-state index is -0.328. The minimum Gasteiger partial charge on any atom is -0.326 e. The highest BCUT2D eigenvalue weighted by Crippen LogP contribution is 2.22. The Morgan fingerprint density at radius 2 is 2.00 bits per heavy atom. The number of rotatable bonds is 7. The molecule has 7 nitrogen and oxygen atoms in total. The first-order valence-corrected chi connectivity index (χ1v) is 8.59. The number of anilines is 2. The van der Waals surface area contributed by atoms with Crippen molar-refractivity contribution in [1.82, 2.24) is 14.8 Å². The zero-order valence-electron chi connectivity index (χ0n) is 13.9. The van der Waals surface area contributed by atoms with Gasteiger partial charge in [-0.25, -0.2) is 0 Å². The van der Waals surface area contributed by atoms with Crippen LogP contribution in [0.1, 0.15) is 26.7 Å². The molecule has 2 rings (SSSR count). The zero-order valence-corrected chi connectivity index (χ0v) is 14.8. The summed E-state index contributed by atoms with van der Waals surface area (Å²) in [6.45, 7) is 3.76. The summed E-state index contributed by atoms with van der Waals surface area (Å²) >= 11 is 1.33. The van der Waals surface area contributed by atoms with Crippen LogP contribution in [0.4, 0.5) is 11.4 Å². The van der Waals surface area contributed by atoms with Crippen LogP contribution in [-0.2, 0) is 16.6 Å². The largest absolute Gasteiger partial charge is 0.326 e. The first kappa shape index (κ1) is 18.0. The molecule has 8 heteroatoms. The number of aromatic nitrogens is 3. The zero-order chi connectivity index (χ0) is 17.5. The minimum absolute atomic E-state index is 0.0350. The van der Waals surface area contributed by atoms with Crippen LogP contribution in [0.2, 0.25) is 0 Å². The van der Waals surface area contributed by atoms with Crippen molar-refractivity contribution in [2.45, 2.75) is 37.1 Å². The molecule has 0 aliphatic carbocycles. The van der Waals surface area contributed by atoms with Crippen molar-refractivity contribution in [3.8, 4) is 0 Å². The Bertz CT molecular complexity index is 716. The molecule has 2 amide bonds. The van der Waals surface area contributed by atoms with Crippen LogP contribution >= 0.6 is 11.8 Å². The quantitative estimate of drug-likeness (QED) is 0.752. The Morgan fingerprint density at radius 1 is 1.29 bits per heavy atom. The maximum Gasteiger partial charge on any atom is 0.237 e. The molecule has 1 unspecified atom stereocenters. The standard InChI is InChI=1S/C16H21N5O2S/c1-4-6-14(22)18-12-7-5-8-13(9-12)19-15(23)11(2)24-16-20-17-10-21(16)3/h5,7-11H,4,6H2,1-3H3,(H,18,22)(H,19,23). The molecule has 0 aliphatic heterocycles. The first-order valence-electron chi connectivity index (χ1n) is 7.71. The van der Waals surface area contributed by atoms with Gasteiger partial charge in [-0.1, -0.05) is 24.8 Å². The molecule has 2 aromatic rings. The summed E-state index contributed by atoms with van der Waals surface area (Å²) in [5.41, 5.74) is 1.31. The average molecular weight is 347 g/mol. The Hall–Kier alpha value is -2.35. The summed E-state index contributed by atoms with van der Waals surface area (Å²) in [6, 6.07) is 7.11. The molecule has 0 radical (unpaired) electrons. The first-order chi connectivity index (χ1) is 11.5. The van der Waals surface area contributed by atoms with Gasteiger partial charge >= 0.3 is 0 Å². The number of nitrogens with zero attached hydrogens (tertiary/aromatic N) is 3. The van der Waals surface area contributed by atoms with Gasteiger partial charge in [-0.2, -0.15) is 0 Å². The normalized spacial score (nSPS) is 11.8. The summed E-state index contributed by atoms with van der Waals surface area (Å²) in [6.07, 6.45) is 2.86. The number of hydrogen-bond acceptors (Lipinski definition) is 5. The maximum absolute atomic E-state index is 12.3. The molecular formula is C16H21N5O2S. The third-order valence-corrected chi connectivity index (χ3v) is 4.36. The van der Waals surface area contributed by atoms with E-state index in [2.05, 4.69) is 20.8 Å². The van der Waals surface area contributed by atoms with Gasteiger partial charge in [0.15, 0.2) is 5.16 Å². The van der Waals surface area contributed by atoms with Crippen LogP contribution in [0.5, 0.6) is 0 Å². The van der Waals surface area contributed by atoms with Crippen molar-refractivity contribution in [2.75, 3.05) is 10.6 Å². The van der Waals surface area contributed by atoms with Crippen molar-refractivity contribution >= 4 is 35.0 Å². The van der Waals surface area contributed by atoms with Gasteiger partial charge in [0, 0.05) is 24.8 Å². The molecule has 1 aromatic heterocycles. The highest BCUT2D eigenvalue weighted by molar-refractivity contribution is 8.00. The van der Waals surface area contributed by atoms with Crippen LogP contribution in [0.3, 0.4) is 0 Å². The molecule has 1 atom stereocenters. The highest BCUT2D eigenvalue weighted by atomic mass is 32.2. The van der Waals surface area contributed by atoms with Gasteiger partial charge in [-0.15, -0.1) is 10.2 Å². The van der Waals surface area contributed by atoms with E-state index >= 15 is 0 Å². The molecule has 0 saturated heterocycles. The highest BCUT2D eigenvalue weighted by Gasteiger charge is 2.17. The second-order valence-corrected chi connectivity index (χ2v) is 6.66. The molecule has 1 heterocycles. The van der Waals surface area contributed by atoms with Gasteiger partial charge in [0.1, 0.15) is 6.33 Å². The summed E-state index contributed by atoms with van der Waals surface area (Å²) < 4.78 is 1.76. The SMILES string of the molecule is CCCC(=O)Nc1cccc(NC(=O)C(C)Sc2nncn2C)c1. The average Bonchev–Trinajstić information content (AvgIpc) is 2.93. The van der Waals surface area contributed by atoms with Gasteiger partial charge in [-0.3, -0.25) is 9.59 Å². The van der Waals surface area contributed by atoms with Gasteiger partial charge in [-0.05, 0) is 31.5 Å². The second kappa shape index (κ2) is 8.49. The molecular weight excluding hydrogens is 326 g/mol. The summed E-state index contributed by atoms with van der Waals surface area (Å²) in [7, 11) is 1.83. The summed E-state index contributed by atoms with van der Waals surface area (Å²) in [5, 5.41) is 13.8. The lowest BCUT2D eigenvalue weighted by molar-refractivity contribution is -0.116. The lowest BCUT2D eigenvalue weighted by Crippen LogP contribution is -2.23. The Balaban J connectivity index is 1.96. The van der Waals surface area contributed by atoms with Crippen LogP contribution in [0.15, 0.2) is 35.7 Å². The van der Waals surface area contributed by atoms with E-state index in [4.69, 9.17) is 0 Å². The second-order valence-electron chi connectivity index (χ2n) is 5.35. The number of thioether (sulfide) groups is 1. The smallest absolute Gasteiger partial charge is 0.237 e. The molecule has 0 spiro atoms. The fraction of sp³-hybridized carbons (Fsp3) is 0.375. The molecule has 0 fully saturated rings. The van der Waals surface area contributed by atoms with Gasteiger partial charge in [0.25, 0.3) is 0 Å². The molecule has 0 bridgehead atoms. The molecule has 24 heavy (non-hydrogen) atoms. The van der Waals surface area contributed by atoms with E-state index in [1.807, 2.05) is 20.9 Å². The van der Waals surface area contributed by atoms with E-state index in [0.29, 0.717) is 23.0 Å². The lowest BCUT2D eigenvalue weighted by Gasteiger charge is -2.12. The van der Waals surface area contributed by atoms with Crippen LogP contribution < -0.4 is 10.6 Å². The molecule has 2 N–H and O–H groups in total. The maximum atomic E-state index is 12.3. The number of amides is 2. The van der Waals surface area contributed by atoms with E-state index in [1.54, 1.807) is 35.2 Å². The molecule has 0 aliphatic rings. The number of carbonyl (C=O) groups excluding carboxylic acids is 2. The molecule has 1 aromatic carbocycles. The predicted octanol–water partition coefficient (Wildman–Crippen LogP) is 2.67. The van der Waals surface area contributed by atoms with Gasteiger partial charge in [0.05, 0.1) is 5.25 Å². The monoisotopic (exact) mass is 347 g/mol. The lowest BCUT2D eigenvalue weighted by atomic mass is 10.2. The van der Waals surface area contributed by atoms with E-state index in [-0.39, 0.29) is 17.1 Å². The van der Waals surface area contributed by atoms with Crippen molar-refractivity contribution in [2.24, 2.45) is 7.05 Å². The molecule has 128 valence electrons. The van der Waals surface area contributed by atoms with Crippen LogP contribution in [0.25, 0.3) is 0 Å². The number of nitrogens with one attached hydrogen (secondary N) is 2. The Morgan fingerprint density at radius 3 is 2.62 bits per heavy atom. The van der Waals surface area contributed by atoms with Gasteiger partial charge < -0.3 is 15.2 Å². The third-order valence-electron chi connectivity index (χ3n) is 3.21. The predicted molar refractivity (Wildman–Crippen MR) is 94.9 cm³/mol. The van der Waals surface area contributed by atoms with Crippen molar-refractivity contribution in [1.29, 1.82) is 0 Å². The van der Waals surface area contributed by atoms with E-state index in [0.717, 1.165) is 6.42 Å². The van der Waals surface area contributed by atoms with Crippen LogP contribution in [-0.4, -0.2) is 31.8 Å². The fourth-order valence-electron chi connectivity index (χ4n) is 1.96. The topological polar surface area (TPSA) is 88.9 Å². The summed E-state index contributed by atoms with van der Waals surface area (Å²) in [4.78, 5) is 24.0. The number of aryl methyl sites for hydroxylation is 1. The Kier molecular flexibility index (Phi) is 6.36. The van der Waals surface area contributed by atoms with E-state index in [1.165, 1.54) is 11.8 Å². The van der Waals surface area contributed by atoms with Crippen LogP contribution in [0, 0.1) is 0 Å². The van der Waals surface area contributed by atoms with Gasteiger partial charge in [0.2, 0.25) is 11.8 Å². The Labute approximate surface area is 145 Å². The number of hydrogen-bond donors (Lipinski definition) is 2. The van der Waals surface area contributed by atoms with Crippen molar-refractivity contribution in [3.63, 3.8) is 0 Å². The van der Waals surface area contributed by atoms with Crippen molar-refractivity contribution < 1.29 is 9.59 Å². The molecule has 0 saturated carbocycles. The number of carbonyl (C=O) groups is 2. The summed E-state index contributed by atoms with van der Waals surface area (Å²) in [5.74, 6) is -0.174. The van der Waals surface area contributed by atoms with E-state index < -0.39 is 0 Å². The van der Waals surface area contributed by atoms with E-state index in [9.17, 15) is 9.59 Å². The van der Waals surface area contributed by atoms with Crippen molar-refractivity contribution in [3.05, 3.63) is 30.6 Å². The number of benzene rings is 1. The third kappa shape index (κ3) is 5.09. The fourth-order valence-corrected chi connectivity index (χ4v) is 2.75.